The largest absolute Gasteiger partial charge is 0.396 e. The molecule has 0 heterocycles. The molecule has 0 aromatic heterocycles. The summed E-state index contributed by atoms with van der Waals surface area (Å²) < 4.78 is 0. The van der Waals surface area contributed by atoms with E-state index in [2.05, 4.69) is 30.3 Å². The molecule has 0 amide bonds. The molecule has 0 saturated heterocycles. The topological polar surface area (TPSA) is 20.2 Å². The van der Waals surface area contributed by atoms with Crippen molar-refractivity contribution < 1.29 is 5.11 Å². The van der Waals surface area contributed by atoms with E-state index in [1.54, 1.807) is 0 Å². The molecule has 1 spiro atoms. The van der Waals surface area contributed by atoms with Gasteiger partial charge in [0.05, 0.1) is 0 Å². The summed E-state index contributed by atoms with van der Waals surface area (Å²) in [6, 6.07) is 10.9. The molecule has 1 nitrogen and oxygen atoms in total. The van der Waals surface area contributed by atoms with Gasteiger partial charge in [-0.1, -0.05) is 30.3 Å². The van der Waals surface area contributed by atoms with Gasteiger partial charge in [0, 0.05) is 6.61 Å². The first-order valence-electron chi connectivity index (χ1n) is 6.50. The summed E-state index contributed by atoms with van der Waals surface area (Å²) in [7, 11) is 0. The van der Waals surface area contributed by atoms with E-state index in [9.17, 15) is 5.11 Å². The Labute approximate surface area is 97.5 Å². The maximum absolute atomic E-state index is 9.21. The highest BCUT2D eigenvalue weighted by Crippen LogP contribution is 2.62. The van der Waals surface area contributed by atoms with Gasteiger partial charge in [0.1, 0.15) is 0 Å². The third kappa shape index (κ3) is 1.67. The first kappa shape index (κ1) is 10.3. The number of aliphatic hydroxyl groups is 1. The van der Waals surface area contributed by atoms with Gasteiger partial charge in [-0.2, -0.15) is 0 Å². The molecule has 1 unspecified atom stereocenters. The van der Waals surface area contributed by atoms with Crippen LogP contribution < -0.4 is 0 Å². The molecule has 2 aliphatic rings. The molecule has 86 valence electrons. The Morgan fingerprint density at radius 3 is 2.38 bits per heavy atom. The molecule has 0 aliphatic heterocycles. The van der Waals surface area contributed by atoms with Gasteiger partial charge in [-0.05, 0) is 54.9 Å². The van der Waals surface area contributed by atoms with Crippen molar-refractivity contribution in [3.63, 3.8) is 0 Å². The van der Waals surface area contributed by atoms with Gasteiger partial charge in [0.2, 0.25) is 0 Å². The average molecular weight is 216 g/mol. The highest BCUT2D eigenvalue weighted by atomic mass is 16.3. The van der Waals surface area contributed by atoms with E-state index in [1.807, 2.05) is 0 Å². The van der Waals surface area contributed by atoms with Gasteiger partial charge in [0.25, 0.3) is 0 Å². The van der Waals surface area contributed by atoms with E-state index in [-0.39, 0.29) is 0 Å². The fraction of sp³-hybridized carbons (Fsp3) is 0.600. The molecule has 0 bridgehead atoms. The van der Waals surface area contributed by atoms with Gasteiger partial charge in [-0.3, -0.25) is 0 Å². The Hall–Kier alpha value is -0.820. The lowest BCUT2D eigenvalue weighted by Gasteiger charge is -2.29. The van der Waals surface area contributed by atoms with Crippen molar-refractivity contribution >= 4 is 0 Å². The van der Waals surface area contributed by atoms with Crippen molar-refractivity contribution in [2.45, 2.75) is 38.0 Å². The average Bonchev–Trinajstić information content (AvgIpc) is 3.04. The molecule has 2 aliphatic carbocycles. The van der Waals surface area contributed by atoms with E-state index in [4.69, 9.17) is 0 Å². The number of benzene rings is 1. The number of aliphatic hydroxyl groups excluding tert-OH is 1. The smallest absolute Gasteiger partial charge is 0.0464 e. The van der Waals surface area contributed by atoms with Gasteiger partial charge < -0.3 is 5.11 Å². The van der Waals surface area contributed by atoms with Gasteiger partial charge in [0.15, 0.2) is 0 Å². The predicted octanol–water partition coefficient (Wildman–Crippen LogP) is 3.34. The van der Waals surface area contributed by atoms with Crippen LogP contribution in [0, 0.1) is 11.3 Å². The minimum atomic E-state index is 0.413. The molecule has 16 heavy (non-hydrogen) atoms. The second-order valence-electron chi connectivity index (χ2n) is 5.63. The third-order valence-corrected chi connectivity index (χ3v) is 4.83. The van der Waals surface area contributed by atoms with Crippen LogP contribution in [0.2, 0.25) is 0 Å². The molecule has 2 saturated carbocycles. The first-order valence-corrected chi connectivity index (χ1v) is 6.50. The van der Waals surface area contributed by atoms with E-state index < -0.39 is 0 Å². The zero-order chi connectivity index (χ0) is 11.0. The van der Waals surface area contributed by atoms with Crippen molar-refractivity contribution in [3.05, 3.63) is 35.9 Å². The molecule has 1 aromatic rings. The summed E-state index contributed by atoms with van der Waals surface area (Å²) in [6.07, 6.45) is 6.58. The SMILES string of the molecule is OCC1CC12CCC(c1ccccc1)CC2. The highest BCUT2D eigenvalue weighted by Gasteiger charge is 2.54. The molecular weight excluding hydrogens is 196 g/mol. The number of hydrogen-bond donors (Lipinski definition) is 1. The fourth-order valence-electron chi connectivity index (χ4n) is 3.55. The van der Waals surface area contributed by atoms with Crippen molar-refractivity contribution in [1.82, 2.24) is 0 Å². The molecule has 2 fully saturated rings. The summed E-state index contributed by atoms with van der Waals surface area (Å²) in [6.45, 7) is 0.413. The lowest BCUT2D eigenvalue weighted by molar-refractivity contribution is 0.214. The van der Waals surface area contributed by atoms with Crippen LogP contribution in [0.5, 0.6) is 0 Å². The Kier molecular flexibility index (Phi) is 2.51. The van der Waals surface area contributed by atoms with Crippen molar-refractivity contribution in [1.29, 1.82) is 0 Å². The van der Waals surface area contributed by atoms with E-state index in [0.29, 0.717) is 17.9 Å². The Morgan fingerprint density at radius 2 is 1.81 bits per heavy atom. The minimum absolute atomic E-state index is 0.413. The third-order valence-electron chi connectivity index (χ3n) is 4.83. The van der Waals surface area contributed by atoms with E-state index >= 15 is 0 Å². The minimum Gasteiger partial charge on any atom is -0.396 e. The second kappa shape index (κ2) is 3.89. The van der Waals surface area contributed by atoms with Crippen LogP contribution in [0.15, 0.2) is 30.3 Å². The summed E-state index contributed by atoms with van der Waals surface area (Å²) in [4.78, 5) is 0. The molecule has 3 rings (SSSR count). The van der Waals surface area contributed by atoms with Crippen LogP contribution >= 0.6 is 0 Å². The van der Waals surface area contributed by atoms with Crippen molar-refractivity contribution in [2.24, 2.45) is 11.3 Å². The van der Waals surface area contributed by atoms with Crippen molar-refractivity contribution in [2.75, 3.05) is 6.61 Å². The van der Waals surface area contributed by atoms with Gasteiger partial charge >= 0.3 is 0 Å². The van der Waals surface area contributed by atoms with Crippen LogP contribution in [0.25, 0.3) is 0 Å². The molecular formula is C15H20O. The standard InChI is InChI=1S/C15H20O/c16-11-14-10-15(14)8-6-13(7-9-15)12-4-2-1-3-5-12/h1-5,13-14,16H,6-11H2. The maximum Gasteiger partial charge on any atom is 0.0464 e. The molecule has 1 N–H and O–H groups in total. The Balaban J connectivity index is 1.64. The number of hydrogen-bond acceptors (Lipinski definition) is 1. The predicted molar refractivity (Wildman–Crippen MR) is 65.3 cm³/mol. The van der Waals surface area contributed by atoms with Gasteiger partial charge in [-0.25, -0.2) is 0 Å². The Morgan fingerprint density at radius 1 is 1.12 bits per heavy atom. The summed E-state index contributed by atoms with van der Waals surface area (Å²) in [5, 5.41) is 9.21. The lowest BCUT2D eigenvalue weighted by Crippen LogP contribution is -2.16. The summed E-state index contributed by atoms with van der Waals surface area (Å²) >= 11 is 0. The van der Waals surface area contributed by atoms with Crippen molar-refractivity contribution in [3.8, 4) is 0 Å². The first-order chi connectivity index (χ1) is 7.84. The van der Waals surface area contributed by atoms with Crippen LogP contribution in [0.4, 0.5) is 0 Å². The monoisotopic (exact) mass is 216 g/mol. The van der Waals surface area contributed by atoms with E-state index in [1.165, 1.54) is 37.7 Å². The maximum atomic E-state index is 9.21. The van der Waals surface area contributed by atoms with Crippen LogP contribution in [-0.2, 0) is 0 Å². The zero-order valence-electron chi connectivity index (χ0n) is 9.73. The quantitative estimate of drug-likeness (QED) is 0.804. The number of rotatable bonds is 2. The molecule has 1 heteroatoms. The lowest BCUT2D eigenvalue weighted by atomic mass is 9.76. The Bertz CT molecular complexity index is 349. The molecule has 1 aromatic carbocycles. The van der Waals surface area contributed by atoms with E-state index in [0.717, 1.165) is 5.92 Å². The second-order valence-corrected chi connectivity index (χ2v) is 5.63. The fourth-order valence-corrected chi connectivity index (χ4v) is 3.55. The normalized spacial score (nSPS) is 37.6. The van der Waals surface area contributed by atoms with Crippen LogP contribution in [0.3, 0.4) is 0 Å². The van der Waals surface area contributed by atoms with Crippen LogP contribution in [-0.4, -0.2) is 11.7 Å². The molecule has 1 atom stereocenters. The van der Waals surface area contributed by atoms with Gasteiger partial charge in [-0.15, -0.1) is 0 Å². The summed E-state index contributed by atoms with van der Waals surface area (Å²) in [5.41, 5.74) is 2.07. The summed E-state index contributed by atoms with van der Waals surface area (Å²) in [5.74, 6) is 1.40. The zero-order valence-corrected chi connectivity index (χ0v) is 9.73. The highest BCUT2D eigenvalue weighted by molar-refractivity contribution is 5.21. The van der Waals surface area contributed by atoms with Crippen LogP contribution in [0.1, 0.15) is 43.6 Å². The molecule has 0 radical (unpaired) electrons.